The van der Waals surface area contributed by atoms with Crippen molar-refractivity contribution in [3.8, 4) is 5.75 Å². The van der Waals surface area contributed by atoms with Crippen molar-refractivity contribution in [1.29, 1.82) is 0 Å². The van der Waals surface area contributed by atoms with Gasteiger partial charge in [-0.15, -0.1) is 12.4 Å². The van der Waals surface area contributed by atoms with Crippen molar-refractivity contribution in [1.82, 2.24) is 25.2 Å². The van der Waals surface area contributed by atoms with Gasteiger partial charge in [-0.2, -0.15) is 13.2 Å². The lowest BCUT2D eigenvalue weighted by Crippen LogP contribution is -2.46. The highest BCUT2D eigenvalue weighted by Crippen LogP contribution is 2.31. The van der Waals surface area contributed by atoms with E-state index in [1.165, 1.54) is 6.07 Å². The molecule has 3 N–H and O–H groups in total. The van der Waals surface area contributed by atoms with E-state index in [1.54, 1.807) is 7.11 Å². The Morgan fingerprint density at radius 2 is 2.06 bits per heavy atom. The summed E-state index contributed by atoms with van der Waals surface area (Å²) in [6.07, 6.45) is -2.17. The van der Waals surface area contributed by atoms with E-state index in [9.17, 15) is 18.0 Å². The summed E-state index contributed by atoms with van der Waals surface area (Å²) < 4.78 is 43.1. The number of carbonyl (C=O) groups excluding carboxylic acids is 1. The number of urea groups is 1. The number of anilines is 1. The number of aromatic nitrogens is 3. The second kappa shape index (κ2) is 9.84. The van der Waals surface area contributed by atoms with Crippen LogP contribution in [0.5, 0.6) is 5.75 Å². The van der Waals surface area contributed by atoms with Crippen molar-refractivity contribution in [2.24, 2.45) is 0 Å². The van der Waals surface area contributed by atoms with Crippen LogP contribution in [0.15, 0.2) is 36.5 Å². The van der Waals surface area contributed by atoms with E-state index in [2.05, 4.69) is 25.5 Å². The van der Waals surface area contributed by atoms with Gasteiger partial charge in [0.15, 0.2) is 0 Å². The van der Waals surface area contributed by atoms with Crippen molar-refractivity contribution in [3.05, 3.63) is 48.0 Å². The van der Waals surface area contributed by atoms with Gasteiger partial charge in [0.25, 0.3) is 0 Å². The largest absolute Gasteiger partial charge is 0.497 e. The van der Waals surface area contributed by atoms with E-state index in [4.69, 9.17) is 9.72 Å². The van der Waals surface area contributed by atoms with Crippen LogP contribution in [0.2, 0.25) is 0 Å². The molecule has 4 rings (SSSR count). The molecule has 1 saturated heterocycles. The topological polar surface area (TPSA) is 95.2 Å². The van der Waals surface area contributed by atoms with Crippen LogP contribution >= 0.6 is 12.4 Å². The van der Waals surface area contributed by atoms with Crippen LogP contribution in [0.4, 0.5) is 23.7 Å². The molecule has 1 fully saturated rings. The van der Waals surface area contributed by atoms with Gasteiger partial charge in [0.05, 0.1) is 36.1 Å². The first-order valence-electron chi connectivity index (χ1n) is 10.1. The van der Waals surface area contributed by atoms with Gasteiger partial charge in [-0.05, 0) is 44.2 Å². The van der Waals surface area contributed by atoms with Crippen molar-refractivity contribution < 1.29 is 22.7 Å². The number of methoxy groups -OCH3 is 1. The second-order valence-corrected chi connectivity index (χ2v) is 7.75. The minimum absolute atomic E-state index is 0. The number of H-pyrrole nitrogens is 1. The van der Waals surface area contributed by atoms with E-state index < -0.39 is 17.9 Å². The van der Waals surface area contributed by atoms with E-state index in [-0.39, 0.29) is 30.2 Å². The normalized spacial score (nSPS) is 19.1. The number of imidazole rings is 1. The third-order valence-electron chi connectivity index (χ3n) is 5.54. The zero-order valence-electron chi connectivity index (χ0n) is 17.9. The number of piperidine rings is 1. The van der Waals surface area contributed by atoms with Gasteiger partial charge < -0.3 is 20.4 Å². The Balaban J connectivity index is 0.00000306. The number of carbonyl (C=O) groups is 1. The number of likely N-dealkylation sites (tertiary alicyclic amines) is 1. The fraction of sp³-hybridized carbons (Fsp3) is 0.381. The van der Waals surface area contributed by atoms with Gasteiger partial charge in [0.1, 0.15) is 17.3 Å². The molecule has 0 spiro atoms. The molecule has 2 aromatic heterocycles. The lowest BCUT2D eigenvalue weighted by atomic mass is 9.97. The lowest BCUT2D eigenvalue weighted by Gasteiger charge is -2.36. The Kier molecular flexibility index (Phi) is 7.33. The summed E-state index contributed by atoms with van der Waals surface area (Å²) in [6.45, 7) is 0.748. The van der Waals surface area contributed by atoms with E-state index >= 15 is 0 Å². The Morgan fingerprint density at radius 3 is 2.73 bits per heavy atom. The number of nitrogens with one attached hydrogen (secondary N) is 3. The molecular formula is C21H24ClF3N6O2. The van der Waals surface area contributed by atoms with Gasteiger partial charge in [0, 0.05) is 18.7 Å². The summed E-state index contributed by atoms with van der Waals surface area (Å²) in [5.74, 6) is 1.54. The molecule has 178 valence electrons. The van der Waals surface area contributed by atoms with Crippen LogP contribution < -0.4 is 15.4 Å². The van der Waals surface area contributed by atoms with Crippen molar-refractivity contribution >= 4 is 35.2 Å². The van der Waals surface area contributed by atoms with Crippen LogP contribution in [0.25, 0.3) is 11.0 Å². The zero-order valence-corrected chi connectivity index (χ0v) is 18.8. The van der Waals surface area contributed by atoms with Crippen molar-refractivity contribution in [3.63, 3.8) is 0 Å². The predicted octanol–water partition coefficient (Wildman–Crippen LogP) is 4.36. The van der Waals surface area contributed by atoms with Crippen molar-refractivity contribution in [2.75, 3.05) is 26.0 Å². The maximum absolute atomic E-state index is 12.6. The monoisotopic (exact) mass is 484 g/mol. The molecule has 0 aliphatic carbocycles. The summed E-state index contributed by atoms with van der Waals surface area (Å²) in [7, 11) is 3.61. The number of fused-ring (bicyclic) bond motifs is 1. The number of hydrogen-bond donors (Lipinski definition) is 3. The Hall–Kier alpha value is -3.05. The van der Waals surface area contributed by atoms with Crippen molar-refractivity contribution in [2.45, 2.75) is 31.1 Å². The third kappa shape index (κ3) is 5.66. The molecule has 12 heteroatoms. The summed E-state index contributed by atoms with van der Waals surface area (Å²) >= 11 is 0. The zero-order chi connectivity index (χ0) is 22.9. The Bertz CT molecular complexity index is 1110. The number of alkyl halides is 3. The molecular weight excluding hydrogens is 461 g/mol. The number of halogens is 4. The van der Waals surface area contributed by atoms with E-state index in [0.29, 0.717) is 6.42 Å². The standard InChI is InChI=1S/C21H23F3N6O2.ClH/c1-30-8-7-12(26-20(31)27-13-3-6-18(25-11-13)21(22,23)24)9-17(30)19-28-15-5-4-14(32-2)10-16(15)29-19;/h3-6,10-12,17H,7-9H2,1-2H3,(H,28,29)(H2,26,27,31);1H/t12-,17-;/m1./s1. The fourth-order valence-corrected chi connectivity index (χ4v) is 3.82. The molecule has 1 aliphatic rings. The smallest absolute Gasteiger partial charge is 0.433 e. The van der Waals surface area contributed by atoms with Gasteiger partial charge in [0.2, 0.25) is 0 Å². The number of rotatable bonds is 4. The summed E-state index contributed by atoms with van der Waals surface area (Å²) in [4.78, 5) is 25.9. The molecule has 0 saturated carbocycles. The molecule has 8 nitrogen and oxygen atoms in total. The maximum atomic E-state index is 12.6. The molecule has 2 atom stereocenters. The first-order chi connectivity index (χ1) is 15.2. The van der Waals surface area contributed by atoms with E-state index in [0.717, 1.165) is 47.8 Å². The molecule has 0 unspecified atom stereocenters. The first-order valence-corrected chi connectivity index (χ1v) is 10.1. The highest BCUT2D eigenvalue weighted by atomic mass is 35.5. The molecule has 1 aromatic carbocycles. The second-order valence-electron chi connectivity index (χ2n) is 7.75. The summed E-state index contributed by atoms with van der Waals surface area (Å²) in [5.41, 5.74) is 0.878. The third-order valence-corrected chi connectivity index (χ3v) is 5.54. The Morgan fingerprint density at radius 1 is 1.27 bits per heavy atom. The van der Waals surface area contributed by atoms with E-state index in [1.807, 2.05) is 25.2 Å². The molecule has 3 heterocycles. The number of ether oxygens (including phenoxy) is 1. The fourth-order valence-electron chi connectivity index (χ4n) is 3.82. The minimum atomic E-state index is -4.52. The highest BCUT2D eigenvalue weighted by molar-refractivity contribution is 5.89. The number of benzene rings is 1. The summed E-state index contributed by atoms with van der Waals surface area (Å²) in [5, 5.41) is 5.43. The van der Waals surface area contributed by atoms with Crippen LogP contribution in [-0.2, 0) is 6.18 Å². The number of aromatic amines is 1. The van der Waals surface area contributed by atoms with Gasteiger partial charge in [-0.3, -0.25) is 4.90 Å². The molecule has 3 aromatic rings. The Labute approximate surface area is 194 Å². The lowest BCUT2D eigenvalue weighted by molar-refractivity contribution is -0.141. The average Bonchev–Trinajstić information content (AvgIpc) is 3.17. The molecule has 2 amide bonds. The van der Waals surface area contributed by atoms with Gasteiger partial charge >= 0.3 is 12.2 Å². The van der Waals surface area contributed by atoms with Crippen LogP contribution in [-0.4, -0.2) is 52.6 Å². The van der Waals surface area contributed by atoms with Gasteiger partial charge in [-0.1, -0.05) is 0 Å². The van der Waals surface area contributed by atoms with Crippen LogP contribution in [0.3, 0.4) is 0 Å². The minimum Gasteiger partial charge on any atom is -0.497 e. The number of amides is 2. The predicted molar refractivity (Wildman–Crippen MR) is 120 cm³/mol. The first kappa shape index (κ1) is 24.6. The molecule has 1 aliphatic heterocycles. The SMILES string of the molecule is COc1ccc2nc([C@H]3C[C@H](NC(=O)Nc4ccc(C(F)(F)F)nc4)CCN3C)[nH]c2c1.Cl. The molecule has 0 radical (unpaired) electrons. The van der Waals surface area contributed by atoms with Crippen LogP contribution in [0.1, 0.15) is 30.4 Å². The molecule has 33 heavy (non-hydrogen) atoms. The number of hydrogen-bond acceptors (Lipinski definition) is 5. The number of pyridine rings is 1. The maximum Gasteiger partial charge on any atom is 0.433 e. The quantitative estimate of drug-likeness (QED) is 0.511. The van der Waals surface area contributed by atoms with Crippen LogP contribution in [0, 0.1) is 0 Å². The average molecular weight is 485 g/mol. The van der Waals surface area contributed by atoms with Gasteiger partial charge in [-0.25, -0.2) is 14.8 Å². The summed E-state index contributed by atoms with van der Waals surface area (Å²) in [6, 6.07) is 6.99. The number of nitrogens with zero attached hydrogens (tertiary/aromatic N) is 3. The molecule has 0 bridgehead atoms. The highest BCUT2D eigenvalue weighted by Gasteiger charge is 2.32.